The van der Waals surface area contributed by atoms with Crippen molar-refractivity contribution in [2.75, 3.05) is 18.1 Å². The molecule has 4 nitrogen and oxygen atoms in total. The first kappa shape index (κ1) is 19.8. The van der Waals surface area contributed by atoms with Gasteiger partial charge in [0.15, 0.2) is 0 Å². The Labute approximate surface area is 152 Å². The Morgan fingerprint density at radius 1 is 1.28 bits per heavy atom. The van der Waals surface area contributed by atoms with Gasteiger partial charge >= 0.3 is 6.09 Å². The van der Waals surface area contributed by atoms with Crippen LogP contribution in [0.4, 0.5) is 10.5 Å². The maximum atomic E-state index is 12.5. The first-order chi connectivity index (χ1) is 11.9. The summed E-state index contributed by atoms with van der Waals surface area (Å²) in [5.74, 6) is 0.183. The van der Waals surface area contributed by atoms with E-state index in [1.54, 1.807) is 4.90 Å². The predicted molar refractivity (Wildman–Crippen MR) is 102 cm³/mol. The van der Waals surface area contributed by atoms with E-state index >= 15 is 0 Å². The molecule has 1 atom stereocenters. The van der Waals surface area contributed by atoms with E-state index in [4.69, 9.17) is 4.74 Å². The van der Waals surface area contributed by atoms with E-state index in [-0.39, 0.29) is 18.6 Å². The van der Waals surface area contributed by atoms with Gasteiger partial charge in [-0.05, 0) is 57.2 Å². The lowest BCUT2D eigenvalue weighted by Gasteiger charge is -2.25. The highest BCUT2D eigenvalue weighted by Gasteiger charge is 2.34. The van der Waals surface area contributed by atoms with Gasteiger partial charge in [-0.1, -0.05) is 38.3 Å². The number of aryl methyl sites for hydroxylation is 1. The lowest BCUT2D eigenvalue weighted by atomic mass is 9.95. The molecule has 0 spiro atoms. The molecule has 0 radical (unpaired) electrons. The molecule has 2 rings (SSSR count). The number of ether oxygens (including phenoxy) is 1. The van der Waals surface area contributed by atoms with Crippen molar-refractivity contribution in [2.24, 2.45) is 0 Å². The molecule has 140 valence electrons. The third-order valence-electron chi connectivity index (χ3n) is 4.64. The fraction of sp³-hybridized carbons (Fsp3) is 0.667. The van der Waals surface area contributed by atoms with Crippen LogP contribution in [0.2, 0.25) is 0 Å². The highest BCUT2D eigenvalue weighted by molar-refractivity contribution is 5.91. The Morgan fingerprint density at radius 2 is 2.04 bits per heavy atom. The van der Waals surface area contributed by atoms with Crippen molar-refractivity contribution in [3.05, 3.63) is 29.3 Å². The Kier molecular flexibility index (Phi) is 6.88. The van der Waals surface area contributed by atoms with Gasteiger partial charge in [-0.25, -0.2) is 4.79 Å². The minimum atomic E-state index is -0.508. The summed E-state index contributed by atoms with van der Waals surface area (Å²) in [6, 6.07) is 6.40. The zero-order chi connectivity index (χ0) is 18.4. The molecule has 25 heavy (non-hydrogen) atoms. The molecule has 0 saturated carbocycles. The van der Waals surface area contributed by atoms with E-state index in [2.05, 4.69) is 19.1 Å². The summed E-state index contributed by atoms with van der Waals surface area (Å²) in [7, 11) is 0. The number of aliphatic hydroxyl groups excluding tert-OH is 1. The summed E-state index contributed by atoms with van der Waals surface area (Å²) < 4.78 is 5.55. The molecule has 1 aliphatic heterocycles. The number of hydrogen-bond donors (Lipinski definition) is 1. The molecule has 1 N–H and O–H groups in total. The van der Waals surface area contributed by atoms with Crippen LogP contribution in [-0.4, -0.2) is 30.0 Å². The standard InChI is InChI=1S/C21H33NO3/c1-5-6-7-8-9-16-10-11-19-18(14-16)17(12-13-23)15-22(19)20(24)25-21(2,3)4/h10-11,14,17,23H,5-9,12-13,15H2,1-4H3. The number of rotatable bonds is 7. The second-order valence-corrected chi connectivity index (χ2v) is 8.00. The van der Waals surface area contributed by atoms with Crippen LogP contribution in [0, 0.1) is 0 Å². The lowest BCUT2D eigenvalue weighted by Crippen LogP contribution is -2.36. The quantitative estimate of drug-likeness (QED) is 0.704. The van der Waals surface area contributed by atoms with Gasteiger partial charge in [0, 0.05) is 19.1 Å². The van der Waals surface area contributed by atoms with Crippen molar-refractivity contribution >= 4 is 11.8 Å². The van der Waals surface area contributed by atoms with Crippen LogP contribution in [0.25, 0.3) is 0 Å². The highest BCUT2D eigenvalue weighted by Crippen LogP contribution is 2.39. The molecule has 0 saturated heterocycles. The summed E-state index contributed by atoms with van der Waals surface area (Å²) in [4.78, 5) is 14.3. The summed E-state index contributed by atoms with van der Waals surface area (Å²) in [6.45, 7) is 8.59. The van der Waals surface area contributed by atoms with E-state index < -0.39 is 5.60 Å². The maximum absolute atomic E-state index is 12.5. The predicted octanol–water partition coefficient (Wildman–Crippen LogP) is 5.03. The molecule has 1 aromatic carbocycles. The maximum Gasteiger partial charge on any atom is 0.414 e. The van der Waals surface area contributed by atoms with Crippen molar-refractivity contribution in [3.63, 3.8) is 0 Å². The molecule has 1 amide bonds. The van der Waals surface area contributed by atoms with Gasteiger partial charge in [0.05, 0.1) is 5.69 Å². The number of carbonyl (C=O) groups excluding carboxylic acids is 1. The first-order valence-corrected chi connectivity index (χ1v) is 9.60. The monoisotopic (exact) mass is 347 g/mol. The zero-order valence-corrected chi connectivity index (χ0v) is 16.2. The molecule has 0 fully saturated rings. The first-order valence-electron chi connectivity index (χ1n) is 9.60. The average molecular weight is 347 g/mol. The van der Waals surface area contributed by atoms with Crippen molar-refractivity contribution < 1.29 is 14.6 Å². The van der Waals surface area contributed by atoms with Gasteiger partial charge in [-0.2, -0.15) is 0 Å². The minimum absolute atomic E-state index is 0.132. The molecule has 0 aromatic heterocycles. The third kappa shape index (κ3) is 5.46. The smallest absolute Gasteiger partial charge is 0.414 e. The van der Waals surface area contributed by atoms with Crippen molar-refractivity contribution in [1.82, 2.24) is 0 Å². The second-order valence-electron chi connectivity index (χ2n) is 8.00. The van der Waals surface area contributed by atoms with Gasteiger partial charge in [-0.15, -0.1) is 0 Å². The van der Waals surface area contributed by atoms with E-state index in [9.17, 15) is 9.90 Å². The van der Waals surface area contributed by atoms with Crippen molar-refractivity contribution in [1.29, 1.82) is 0 Å². The second kappa shape index (κ2) is 8.70. The summed E-state index contributed by atoms with van der Waals surface area (Å²) in [5, 5.41) is 9.40. The van der Waals surface area contributed by atoms with Gasteiger partial charge in [0.2, 0.25) is 0 Å². The molecular weight excluding hydrogens is 314 g/mol. The summed E-state index contributed by atoms with van der Waals surface area (Å²) >= 11 is 0. The van der Waals surface area contributed by atoms with E-state index in [0.717, 1.165) is 12.1 Å². The van der Waals surface area contributed by atoms with Crippen LogP contribution in [0.5, 0.6) is 0 Å². The summed E-state index contributed by atoms with van der Waals surface area (Å²) in [5.41, 5.74) is 2.92. The number of nitrogens with zero attached hydrogens (tertiary/aromatic N) is 1. The topological polar surface area (TPSA) is 49.8 Å². The van der Waals surface area contributed by atoms with Crippen LogP contribution in [-0.2, 0) is 11.2 Å². The number of hydrogen-bond acceptors (Lipinski definition) is 3. The fourth-order valence-electron chi connectivity index (χ4n) is 3.40. The highest BCUT2D eigenvalue weighted by atomic mass is 16.6. The van der Waals surface area contributed by atoms with E-state index in [0.29, 0.717) is 13.0 Å². The molecule has 0 aliphatic carbocycles. The number of unbranched alkanes of at least 4 members (excludes halogenated alkanes) is 3. The molecular formula is C21H33NO3. The van der Waals surface area contributed by atoms with Crippen LogP contribution >= 0.6 is 0 Å². The van der Waals surface area contributed by atoms with Crippen molar-refractivity contribution in [2.45, 2.75) is 77.7 Å². The SMILES string of the molecule is CCCCCCc1ccc2c(c1)C(CCO)CN2C(=O)OC(C)(C)C. The van der Waals surface area contributed by atoms with E-state index in [1.807, 2.05) is 26.8 Å². The number of anilines is 1. The Morgan fingerprint density at radius 3 is 2.68 bits per heavy atom. The molecule has 1 aromatic rings. The molecule has 1 heterocycles. The van der Waals surface area contributed by atoms with Crippen molar-refractivity contribution in [3.8, 4) is 0 Å². The van der Waals surface area contributed by atoms with Gasteiger partial charge in [0.1, 0.15) is 5.60 Å². The van der Waals surface area contributed by atoms with Crippen LogP contribution in [0.15, 0.2) is 18.2 Å². The summed E-state index contributed by atoms with van der Waals surface area (Å²) in [6.07, 6.45) is 6.44. The molecule has 1 aliphatic rings. The number of fused-ring (bicyclic) bond motifs is 1. The number of amides is 1. The van der Waals surface area contributed by atoms with Crippen LogP contribution in [0.1, 0.15) is 76.8 Å². The Bertz CT molecular complexity index is 577. The number of carbonyl (C=O) groups is 1. The van der Waals surface area contributed by atoms with Gasteiger partial charge < -0.3 is 9.84 Å². The number of benzene rings is 1. The largest absolute Gasteiger partial charge is 0.443 e. The molecule has 4 heteroatoms. The fourth-order valence-corrected chi connectivity index (χ4v) is 3.40. The van der Waals surface area contributed by atoms with Gasteiger partial charge in [-0.3, -0.25) is 4.90 Å². The van der Waals surface area contributed by atoms with Gasteiger partial charge in [0.25, 0.3) is 0 Å². The van der Waals surface area contributed by atoms with Crippen LogP contribution in [0.3, 0.4) is 0 Å². The Balaban J connectivity index is 2.15. The molecule has 0 bridgehead atoms. The normalized spacial score (nSPS) is 16.8. The minimum Gasteiger partial charge on any atom is -0.443 e. The van der Waals surface area contributed by atoms with Crippen LogP contribution < -0.4 is 4.90 Å². The van der Waals surface area contributed by atoms with E-state index in [1.165, 1.54) is 36.8 Å². The lowest BCUT2D eigenvalue weighted by molar-refractivity contribution is 0.0581. The number of aliphatic hydroxyl groups is 1. The average Bonchev–Trinajstić information content (AvgIpc) is 2.89. The third-order valence-corrected chi connectivity index (χ3v) is 4.64. The Hall–Kier alpha value is -1.55. The molecule has 1 unspecified atom stereocenters. The zero-order valence-electron chi connectivity index (χ0n) is 16.2.